The van der Waals surface area contributed by atoms with Crippen LogP contribution in [-0.2, 0) is 0 Å². The van der Waals surface area contributed by atoms with Crippen molar-refractivity contribution in [2.45, 2.75) is 26.8 Å². The van der Waals surface area contributed by atoms with Crippen molar-refractivity contribution in [2.75, 3.05) is 5.32 Å². The fourth-order valence-electron chi connectivity index (χ4n) is 2.52. The molecule has 1 amide bonds. The molecular weight excluding hydrogens is 294 g/mol. The Labute approximate surface area is 132 Å². The number of rotatable bonds is 4. The molecule has 0 saturated carbocycles. The van der Waals surface area contributed by atoms with E-state index in [1.165, 1.54) is 6.20 Å². The molecule has 3 rings (SSSR count). The van der Waals surface area contributed by atoms with Crippen LogP contribution < -0.4 is 11.1 Å². The Bertz CT molecular complexity index is 885. The lowest BCUT2D eigenvalue weighted by atomic mass is 10.3. The second kappa shape index (κ2) is 5.64. The Morgan fingerprint density at radius 2 is 2.04 bits per heavy atom. The largest absolute Gasteiger partial charge is 0.363 e. The predicted molar refractivity (Wildman–Crippen MR) is 86.5 cm³/mol. The first-order valence-corrected chi connectivity index (χ1v) is 7.20. The van der Waals surface area contributed by atoms with Crippen molar-refractivity contribution in [3.05, 3.63) is 36.2 Å². The van der Waals surface area contributed by atoms with Crippen molar-refractivity contribution in [3.63, 3.8) is 0 Å². The van der Waals surface area contributed by atoms with Crippen LogP contribution >= 0.6 is 0 Å². The van der Waals surface area contributed by atoms with Gasteiger partial charge in [-0.2, -0.15) is 0 Å². The fraction of sp³-hybridized carbons (Fsp3) is 0.267. The van der Waals surface area contributed by atoms with Gasteiger partial charge in [0, 0.05) is 18.3 Å². The Morgan fingerprint density at radius 3 is 2.74 bits per heavy atom. The fourth-order valence-corrected chi connectivity index (χ4v) is 2.52. The molecule has 0 aromatic carbocycles. The number of imidazole rings is 1. The molecule has 8 heteroatoms. The van der Waals surface area contributed by atoms with Gasteiger partial charge in [-0.1, -0.05) is 0 Å². The maximum Gasteiger partial charge on any atom is 0.286 e. The lowest BCUT2D eigenvalue weighted by Crippen LogP contribution is -2.15. The van der Waals surface area contributed by atoms with Crippen molar-refractivity contribution >= 4 is 28.6 Å². The number of nitrogens with two attached hydrogens (primary N) is 1. The third-order valence-electron chi connectivity index (χ3n) is 3.40. The van der Waals surface area contributed by atoms with Crippen molar-refractivity contribution in [2.24, 2.45) is 5.73 Å². The first-order valence-electron chi connectivity index (χ1n) is 7.20. The van der Waals surface area contributed by atoms with Gasteiger partial charge in [0.05, 0.1) is 11.7 Å². The van der Waals surface area contributed by atoms with Gasteiger partial charge in [-0.15, -0.1) is 0 Å². The number of nitrogens with zero attached hydrogens (tertiary/aromatic N) is 5. The van der Waals surface area contributed by atoms with Crippen molar-refractivity contribution in [3.8, 4) is 0 Å². The zero-order valence-electron chi connectivity index (χ0n) is 13.1. The molecule has 0 fully saturated rings. The van der Waals surface area contributed by atoms with Crippen LogP contribution in [0.3, 0.4) is 0 Å². The number of fused-ring (bicyclic) bond motifs is 1. The van der Waals surface area contributed by atoms with E-state index in [1.54, 1.807) is 12.3 Å². The lowest BCUT2D eigenvalue weighted by Gasteiger charge is -2.11. The van der Waals surface area contributed by atoms with Gasteiger partial charge in [0.25, 0.3) is 5.91 Å². The molecule has 0 saturated heterocycles. The van der Waals surface area contributed by atoms with Gasteiger partial charge in [-0.3, -0.25) is 4.79 Å². The maximum absolute atomic E-state index is 11.1. The van der Waals surface area contributed by atoms with Crippen LogP contribution in [0.4, 0.5) is 11.6 Å². The molecule has 0 bridgehead atoms. The van der Waals surface area contributed by atoms with Crippen LogP contribution in [0.25, 0.3) is 11.0 Å². The smallest absolute Gasteiger partial charge is 0.286 e. The molecule has 3 aromatic heterocycles. The first kappa shape index (κ1) is 14.9. The molecule has 0 atom stereocenters. The number of primary amides is 1. The molecule has 0 aliphatic rings. The summed E-state index contributed by atoms with van der Waals surface area (Å²) in [6, 6.07) is 3.83. The van der Waals surface area contributed by atoms with Crippen LogP contribution in [0.15, 0.2) is 24.5 Å². The molecule has 8 nitrogen and oxygen atoms in total. The average Bonchev–Trinajstić information content (AvgIpc) is 2.82. The molecule has 0 spiro atoms. The average molecular weight is 311 g/mol. The monoisotopic (exact) mass is 311 g/mol. The van der Waals surface area contributed by atoms with E-state index in [0.29, 0.717) is 11.6 Å². The highest BCUT2D eigenvalue weighted by atomic mass is 16.1. The summed E-state index contributed by atoms with van der Waals surface area (Å²) < 4.78 is 2.14. The number of carbonyl (C=O) groups is 1. The van der Waals surface area contributed by atoms with E-state index in [1.807, 2.05) is 13.0 Å². The number of anilines is 2. The number of aromatic nitrogens is 5. The summed E-state index contributed by atoms with van der Waals surface area (Å²) >= 11 is 0. The third kappa shape index (κ3) is 2.83. The Kier molecular flexibility index (Phi) is 3.65. The minimum Gasteiger partial charge on any atom is -0.363 e. The predicted octanol–water partition coefficient (Wildman–Crippen LogP) is 1.95. The lowest BCUT2D eigenvalue weighted by molar-refractivity contribution is 0.0990. The van der Waals surface area contributed by atoms with E-state index < -0.39 is 5.91 Å². The number of hydrogen-bond acceptors (Lipinski definition) is 6. The van der Waals surface area contributed by atoms with Crippen LogP contribution in [0.2, 0.25) is 0 Å². The summed E-state index contributed by atoms with van der Waals surface area (Å²) in [6.45, 7) is 6.17. The minimum atomic E-state index is -0.675. The molecule has 3 heterocycles. The van der Waals surface area contributed by atoms with E-state index in [2.05, 4.69) is 43.7 Å². The summed E-state index contributed by atoms with van der Waals surface area (Å²) in [7, 11) is 0. The van der Waals surface area contributed by atoms with Gasteiger partial charge >= 0.3 is 0 Å². The number of amides is 1. The molecular formula is C15H17N7O. The summed E-state index contributed by atoms with van der Waals surface area (Å²) in [5.41, 5.74) is 7.01. The van der Waals surface area contributed by atoms with E-state index in [0.717, 1.165) is 16.9 Å². The number of nitrogens with one attached hydrogen (secondary N) is 1. The Balaban J connectivity index is 1.99. The summed E-state index contributed by atoms with van der Waals surface area (Å²) in [5, 5.41) is 3.06. The molecule has 3 N–H and O–H groups in total. The van der Waals surface area contributed by atoms with Gasteiger partial charge in [-0.05, 0) is 26.8 Å². The zero-order chi connectivity index (χ0) is 16.6. The van der Waals surface area contributed by atoms with Gasteiger partial charge < -0.3 is 15.6 Å². The molecule has 0 radical (unpaired) electrons. The van der Waals surface area contributed by atoms with Crippen LogP contribution in [-0.4, -0.2) is 30.4 Å². The Hall–Kier alpha value is -3.03. The van der Waals surface area contributed by atoms with Gasteiger partial charge in [-0.25, -0.2) is 19.9 Å². The highest BCUT2D eigenvalue weighted by Gasteiger charge is 2.12. The summed E-state index contributed by atoms with van der Waals surface area (Å²) in [5.74, 6) is 1.28. The van der Waals surface area contributed by atoms with Crippen molar-refractivity contribution in [1.82, 2.24) is 24.5 Å². The molecule has 0 unspecified atom stereocenters. The number of carbonyl (C=O) groups excluding carboxylic acids is 1. The van der Waals surface area contributed by atoms with Gasteiger partial charge in [0.2, 0.25) is 5.82 Å². The van der Waals surface area contributed by atoms with Crippen LogP contribution in [0.5, 0.6) is 0 Å². The molecule has 0 aliphatic carbocycles. The molecule has 23 heavy (non-hydrogen) atoms. The topological polar surface area (TPSA) is 112 Å². The van der Waals surface area contributed by atoms with Gasteiger partial charge in [0.1, 0.15) is 23.0 Å². The van der Waals surface area contributed by atoms with Crippen molar-refractivity contribution < 1.29 is 4.79 Å². The summed E-state index contributed by atoms with van der Waals surface area (Å²) in [4.78, 5) is 27.8. The zero-order valence-corrected chi connectivity index (χ0v) is 13.1. The van der Waals surface area contributed by atoms with E-state index >= 15 is 0 Å². The second-order valence-corrected chi connectivity index (χ2v) is 5.44. The number of aryl methyl sites for hydroxylation is 1. The number of hydrogen-bond donors (Lipinski definition) is 2. The standard InChI is InChI=1S/C15H17N7O/c1-8(2)22-9(3)19-10-7-18-13(6-11(10)22)20-12-4-5-17-15(21-12)14(16)23/h4-8H,1-3H3,(H2,16,23)(H,17,18,20,21). The van der Waals surface area contributed by atoms with Crippen LogP contribution in [0, 0.1) is 6.92 Å². The normalized spacial score (nSPS) is 11.1. The van der Waals surface area contributed by atoms with E-state index in [4.69, 9.17) is 5.73 Å². The van der Waals surface area contributed by atoms with E-state index in [-0.39, 0.29) is 11.9 Å². The minimum absolute atomic E-state index is 0.0425. The van der Waals surface area contributed by atoms with E-state index in [9.17, 15) is 4.79 Å². The SMILES string of the molecule is Cc1nc2cnc(Nc3ccnc(C(N)=O)n3)cc2n1C(C)C. The molecule has 0 aliphatic heterocycles. The maximum atomic E-state index is 11.1. The van der Waals surface area contributed by atoms with Gasteiger partial charge in [0.15, 0.2) is 0 Å². The molecule has 118 valence electrons. The third-order valence-corrected chi connectivity index (χ3v) is 3.40. The second-order valence-electron chi connectivity index (χ2n) is 5.44. The highest BCUT2D eigenvalue weighted by Crippen LogP contribution is 2.23. The Morgan fingerprint density at radius 1 is 1.26 bits per heavy atom. The molecule has 3 aromatic rings. The highest BCUT2D eigenvalue weighted by molar-refractivity contribution is 5.89. The number of pyridine rings is 1. The first-order chi connectivity index (χ1) is 11.0. The van der Waals surface area contributed by atoms with Crippen molar-refractivity contribution in [1.29, 1.82) is 0 Å². The summed E-state index contributed by atoms with van der Waals surface area (Å²) in [6.07, 6.45) is 3.18. The quantitative estimate of drug-likeness (QED) is 0.761. The van der Waals surface area contributed by atoms with Crippen LogP contribution in [0.1, 0.15) is 36.3 Å².